The van der Waals surface area contributed by atoms with Crippen LogP contribution in [0.2, 0.25) is 0 Å². The zero-order valence-corrected chi connectivity index (χ0v) is 11.0. The van der Waals surface area contributed by atoms with Gasteiger partial charge in [0.1, 0.15) is 16.9 Å². The van der Waals surface area contributed by atoms with Crippen LogP contribution >= 0.6 is 0 Å². The lowest BCUT2D eigenvalue weighted by molar-refractivity contribution is -0.139. The quantitative estimate of drug-likeness (QED) is 0.840. The normalized spacial score (nSPS) is 16.3. The van der Waals surface area contributed by atoms with Gasteiger partial charge in [-0.3, -0.25) is 0 Å². The fourth-order valence-corrected chi connectivity index (χ4v) is 1.46. The van der Waals surface area contributed by atoms with Crippen molar-refractivity contribution >= 4 is 0 Å². The van der Waals surface area contributed by atoms with Crippen LogP contribution in [0.5, 0.6) is 11.6 Å². The van der Waals surface area contributed by atoms with Gasteiger partial charge in [0.2, 0.25) is 5.88 Å². The summed E-state index contributed by atoms with van der Waals surface area (Å²) >= 11 is 0. The molecule has 19 heavy (non-hydrogen) atoms. The number of ether oxygens (including phenoxy) is 2. The molecule has 1 heterocycles. The first-order chi connectivity index (χ1) is 8.65. The van der Waals surface area contributed by atoms with Crippen molar-refractivity contribution in [3.63, 3.8) is 0 Å². The van der Waals surface area contributed by atoms with E-state index in [1.165, 1.54) is 6.07 Å². The first kappa shape index (κ1) is 14.0. The van der Waals surface area contributed by atoms with E-state index < -0.39 is 17.3 Å². The summed E-state index contributed by atoms with van der Waals surface area (Å²) in [4.78, 5) is 3.70. The Morgan fingerprint density at radius 3 is 2.32 bits per heavy atom. The average molecular weight is 275 g/mol. The molecule has 0 atom stereocenters. The van der Waals surface area contributed by atoms with Crippen LogP contribution in [0.25, 0.3) is 0 Å². The van der Waals surface area contributed by atoms with Gasteiger partial charge in [-0.25, -0.2) is 4.98 Å². The van der Waals surface area contributed by atoms with E-state index in [2.05, 4.69) is 4.98 Å². The van der Waals surface area contributed by atoms with Gasteiger partial charge in [0, 0.05) is 12.3 Å². The van der Waals surface area contributed by atoms with E-state index in [0.717, 1.165) is 19.0 Å². The first-order valence-electron chi connectivity index (χ1n) is 6.08. The third kappa shape index (κ3) is 4.01. The van der Waals surface area contributed by atoms with Crippen molar-refractivity contribution in [3.05, 3.63) is 17.8 Å². The Hall–Kier alpha value is -1.46. The molecule has 0 aromatic carbocycles. The summed E-state index contributed by atoms with van der Waals surface area (Å²) in [5, 5.41) is 0. The summed E-state index contributed by atoms with van der Waals surface area (Å²) in [7, 11) is 0. The monoisotopic (exact) mass is 275 g/mol. The maximum atomic E-state index is 12.8. The van der Waals surface area contributed by atoms with Crippen molar-refractivity contribution < 1.29 is 22.6 Å². The molecule has 0 aliphatic heterocycles. The highest BCUT2D eigenvalue weighted by atomic mass is 19.4. The van der Waals surface area contributed by atoms with Crippen LogP contribution < -0.4 is 9.47 Å². The standard InChI is InChI=1S/C13H16F3NO2/c1-12(2,3)19-11-6-10(18-8-4-5-8)9(7-17-11)13(14,15)16/h6-8H,4-5H2,1-3H3. The molecule has 6 heteroatoms. The minimum atomic E-state index is -4.47. The molecule has 0 spiro atoms. The minimum Gasteiger partial charge on any atom is -0.490 e. The highest BCUT2D eigenvalue weighted by molar-refractivity contribution is 5.38. The van der Waals surface area contributed by atoms with Gasteiger partial charge in [0.15, 0.2) is 0 Å². The number of halogens is 3. The lowest BCUT2D eigenvalue weighted by Crippen LogP contribution is -2.23. The van der Waals surface area contributed by atoms with Gasteiger partial charge in [-0.2, -0.15) is 13.2 Å². The summed E-state index contributed by atoms with van der Waals surface area (Å²) < 4.78 is 49.2. The number of pyridine rings is 1. The third-order valence-electron chi connectivity index (χ3n) is 2.38. The molecule has 0 radical (unpaired) electrons. The van der Waals surface area contributed by atoms with Gasteiger partial charge in [-0.1, -0.05) is 0 Å². The minimum absolute atomic E-state index is 0.119. The summed E-state index contributed by atoms with van der Waals surface area (Å²) in [6.45, 7) is 5.40. The summed E-state index contributed by atoms with van der Waals surface area (Å²) in [5.74, 6) is -0.0691. The Balaban J connectivity index is 2.29. The van der Waals surface area contributed by atoms with Gasteiger partial charge in [-0.15, -0.1) is 0 Å². The maximum absolute atomic E-state index is 12.8. The van der Waals surface area contributed by atoms with Gasteiger partial charge >= 0.3 is 6.18 Å². The number of hydrogen-bond donors (Lipinski definition) is 0. The lowest BCUT2D eigenvalue weighted by Gasteiger charge is -2.21. The molecule has 0 N–H and O–H groups in total. The first-order valence-corrected chi connectivity index (χ1v) is 6.08. The fourth-order valence-electron chi connectivity index (χ4n) is 1.46. The van der Waals surface area contributed by atoms with Crippen molar-refractivity contribution in [2.75, 3.05) is 0 Å². The van der Waals surface area contributed by atoms with Crippen LogP contribution in [0, 0.1) is 0 Å². The van der Waals surface area contributed by atoms with Crippen molar-refractivity contribution in [2.45, 2.75) is 51.5 Å². The molecule has 0 bridgehead atoms. The van der Waals surface area contributed by atoms with Crippen molar-refractivity contribution in [1.82, 2.24) is 4.98 Å². The Labute approximate surface area is 109 Å². The molecule has 0 unspecified atom stereocenters. The van der Waals surface area contributed by atoms with Crippen LogP contribution in [-0.4, -0.2) is 16.7 Å². The van der Waals surface area contributed by atoms with Gasteiger partial charge in [-0.05, 0) is 33.6 Å². The van der Waals surface area contributed by atoms with E-state index >= 15 is 0 Å². The van der Waals surface area contributed by atoms with Crippen LogP contribution in [-0.2, 0) is 6.18 Å². The average Bonchev–Trinajstić information content (AvgIpc) is 2.97. The van der Waals surface area contributed by atoms with Crippen molar-refractivity contribution in [3.8, 4) is 11.6 Å². The Morgan fingerprint density at radius 1 is 1.21 bits per heavy atom. The molecule has 1 aliphatic carbocycles. The SMILES string of the molecule is CC(C)(C)Oc1cc(OC2CC2)c(C(F)(F)F)cn1. The number of nitrogens with zero attached hydrogens (tertiary/aromatic N) is 1. The Bertz CT molecular complexity index is 462. The zero-order chi connectivity index (χ0) is 14.3. The molecule has 0 saturated heterocycles. The maximum Gasteiger partial charge on any atom is 0.421 e. The molecule has 0 amide bonds. The molecule has 1 aromatic rings. The van der Waals surface area contributed by atoms with E-state index in [9.17, 15) is 13.2 Å². The molecule has 1 saturated carbocycles. The number of alkyl halides is 3. The second-order valence-electron chi connectivity index (χ2n) is 5.55. The van der Waals surface area contributed by atoms with E-state index in [1.54, 1.807) is 20.8 Å². The summed E-state index contributed by atoms with van der Waals surface area (Å²) in [6.07, 6.45) is -2.26. The molecule has 1 aliphatic rings. The topological polar surface area (TPSA) is 31.4 Å². The molecule has 106 valence electrons. The van der Waals surface area contributed by atoms with Crippen molar-refractivity contribution in [1.29, 1.82) is 0 Å². The Morgan fingerprint density at radius 2 is 1.84 bits per heavy atom. The number of rotatable bonds is 3. The van der Waals surface area contributed by atoms with Crippen LogP contribution in [0.3, 0.4) is 0 Å². The van der Waals surface area contributed by atoms with E-state index in [1.807, 2.05) is 0 Å². The second kappa shape index (κ2) is 4.58. The van der Waals surface area contributed by atoms with Crippen molar-refractivity contribution in [2.24, 2.45) is 0 Å². The van der Waals surface area contributed by atoms with E-state index in [0.29, 0.717) is 0 Å². The van der Waals surface area contributed by atoms with E-state index in [-0.39, 0.29) is 17.7 Å². The highest BCUT2D eigenvalue weighted by Crippen LogP contribution is 2.40. The third-order valence-corrected chi connectivity index (χ3v) is 2.38. The summed E-state index contributed by atoms with van der Waals surface area (Å²) in [6, 6.07) is 1.21. The zero-order valence-electron chi connectivity index (χ0n) is 11.0. The van der Waals surface area contributed by atoms with Gasteiger partial charge in [0.25, 0.3) is 0 Å². The largest absolute Gasteiger partial charge is 0.490 e. The molecule has 3 nitrogen and oxygen atoms in total. The molecule has 1 fully saturated rings. The van der Waals surface area contributed by atoms with Crippen LogP contribution in [0.4, 0.5) is 13.2 Å². The van der Waals surface area contributed by atoms with Gasteiger partial charge in [0.05, 0.1) is 6.10 Å². The molecular formula is C13H16F3NO2. The number of hydrogen-bond acceptors (Lipinski definition) is 3. The summed E-state index contributed by atoms with van der Waals surface area (Å²) in [5.41, 5.74) is -1.38. The van der Waals surface area contributed by atoms with Crippen LogP contribution in [0.1, 0.15) is 39.2 Å². The second-order valence-corrected chi connectivity index (χ2v) is 5.55. The highest BCUT2D eigenvalue weighted by Gasteiger charge is 2.37. The molecular weight excluding hydrogens is 259 g/mol. The predicted molar refractivity (Wildman–Crippen MR) is 63.3 cm³/mol. The van der Waals surface area contributed by atoms with Gasteiger partial charge < -0.3 is 9.47 Å². The molecule has 2 rings (SSSR count). The lowest BCUT2D eigenvalue weighted by atomic mass is 10.2. The molecule has 1 aromatic heterocycles. The predicted octanol–water partition coefficient (Wildman–Crippen LogP) is 3.82. The van der Waals surface area contributed by atoms with E-state index in [4.69, 9.17) is 9.47 Å². The fraction of sp³-hybridized carbons (Fsp3) is 0.615. The number of aromatic nitrogens is 1. The smallest absolute Gasteiger partial charge is 0.421 e. The van der Waals surface area contributed by atoms with Crippen LogP contribution in [0.15, 0.2) is 12.3 Å². The Kier molecular flexibility index (Phi) is 3.36.